The first-order chi connectivity index (χ1) is 4.61. The van der Waals surface area contributed by atoms with Crippen molar-refractivity contribution in [2.75, 3.05) is 26.2 Å². The molecular formula is C4H12ClN2O3P. The number of nitrogens with one attached hydrogen (secondary N) is 1. The monoisotopic (exact) mass is 202 g/mol. The van der Waals surface area contributed by atoms with Gasteiger partial charge in [0.15, 0.2) is 0 Å². The van der Waals surface area contributed by atoms with Crippen LogP contribution in [0.25, 0.3) is 0 Å². The number of hydrogen-bond donors (Lipinski definition) is 3. The van der Waals surface area contributed by atoms with Crippen LogP contribution in [0.2, 0.25) is 0 Å². The Labute approximate surface area is 71.4 Å². The van der Waals surface area contributed by atoms with Gasteiger partial charge in [-0.1, -0.05) is 0 Å². The molecule has 1 heterocycles. The van der Waals surface area contributed by atoms with E-state index in [1.54, 1.807) is 0 Å². The molecule has 0 radical (unpaired) electrons. The first-order valence-corrected chi connectivity index (χ1v) is 4.69. The van der Waals surface area contributed by atoms with Crippen LogP contribution >= 0.6 is 20.2 Å². The van der Waals surface area contributed by atoms with Crippen LogP contribution in [0.3, 0.4) is 0 Å². The molecule has 0 aromatic heterocycles. The lowest BCUT2D eigenvalue weighted by Crippen LogP contribution is -2.41. The molecule has 1 aliphatic heterocycles. The Bertz CT molecular complexity index is 155. The molecule has 0 aromatic carbocycles. The fourth-order valence-electron chi connectivity index (χ4n) is 0.914. The van der Waals surface area contributed by atoms with Crippen molar-refractivity contribution >= 4 is 20.2 Å². The number of nitrogens with zero attached hydrogens (tertiary/aromatic N) is 1. The van der Waals surface area contributed by atoms with Crippen molar-refractivity contribution in [3.63, 3.8) is 0 Å². The predicted molar refractivity (Wildman–Crippen MR) is 43.7 cm³/mol. The van der Waals surface area contributed by atoms with E-state index in [9.17, 15) is 4.57 Å². The van der Waals surface area contributed by atoms with Crippen LogP contribution in [0.4, 0.5) is 0 Å². The van der Waals surface area contributed by atoms with Crippen LogP contribution in [0, 0.1) is 0 Å². The summed E-state index contributed by atoms with van der Waals surface area (Å²) >= 11 is 0. The first kappa shape index (κ1) is 11.4. The Morgan fingerprint density at radius 3 is 2.00 bits per heavy atom. The molecule has 7 heteroatoms. The van der Waals surface area contributed by atoms with Crippen molar-refractivity contribution in [3.8, 4) is 0 Å². The number of piperazine rings is 1. The summed E-state index contributed by atoms with van der Waals surface area (Å²) in [7, 11) is -3.95. The highest BCUT2D eigenvalue weighted by atomic mass is 35.5. The van der Waals surface area contributed by atoms with Gasteiger partial charge in [-0.15, -0.1) is 12.4 Å². The minimum absolute atomic E-state index is 0. The molecule has 0 aliphatic carbocycles. The zero-order valence-corrected chi connectivity index (χ0v) is 7.64. The summed E-state index contributed by atoms with van der Waals surface area (Å²) in [5.41, 5.74) is 0. The molecule has 11 heavy (non-hydrogen) atoms. The van der Waals surface area contributed by atoms with E-state index in [-0.39, 0.29) is 12.4 Å². The van der Waals surface area contributed by atoms with Gasteiger partial charge in [0.1, 0.15) is 0 Å². The summed E-state index contributed by atoms with van der Waals surface area (Å²) in [6, 6.07) is 0. The van der Waals surface area contributed by atoms with Gasteiger partial charge < -0.3 is 15.1 Å². The highest BCUT2D eigenvalue weighted by molar-refractivity contribution is 7.49. The van der Waals surface area contributed by atoms with E-state index in [1.165, 1.54) is 4.67 Å². The Morgan fingerprint density at radius 2 is 1.73 bits per heavy atom. The average Bonchev–Trinajstić information content (AvgIpc) is 1.88. The third-order valence-corrected chi connectivity index (χ3v) is 2.60. The maximum Gasteiger partial charge on any atom is 0.403 e. The molecule has 0 spiro atoms. The first-order valence-electron chi connectivity index (χ1n) is 3.12. The maximum absolute atomic E-state index is 10.6. The van der Waals surface area contributed by atoms with Crippen molar-refractivity contribution < 1.29 is 14.4 Å². The minimum atomic E-state index is -3.95. The largest absolute Gasteiger partial charge is 0.403 e. The van der Waals surface area contributed by atoms with Crippen LogP contribution < -0.4 is 5.32 Å². The smallest absolute Gasteiger partial charge is 0.314 e. The van der Waals surface area contributed by atoms with Crippen molar-refractivity contribution in [2.45, 2.75) is 0 Å². The fourth-order valence-corrected chi connectivity index (χ4v) is 1.63. The van der Waals surface area contributed by atoms with Crippen LogP contribution in [0.1, 0.15) is 0 Å². The fraction of sp³-hybridized carbons (Fsp3) is 1.00. The van der Waals surface area contributed by atoms with Crippen molar-refractivity contribution in [3.05, 3.63) is 0 Å². The van der Waals surface area contributed by atoms with Gasteiger partial charge in [0.25, 0.3) is 0 Å². The minimum Gasteiger partial charge on any atom is -0.314 e. The van der Waals surface area contributed by atoms with Gasteiger partial charge in [-0.25, -0.2) is 9.24 Å². The van der Waals surface area contributed by atoms with Crippen molar-refractivity contribution in [2.24, 2.45) is 0 Å². The zero-order chi connectivity index (χ0) is 7.61. The maximum atomic E-state index is 10.6. The third kappa shape index (κ3) is 3.51. The van der Waals surface area contributed by atoms with E-state index < -0.39 is 7.75 Å². The van der Waals surface area contributed by atoms with E-state index in [4.69, 9.17) is 9.79 Å². The average molecular weight is 203 g/mol. The molecule has 3 N–H and O–H groups in total. The van der Waals surface area contributed by atoms with Gasteiger partial charge in [0, 0.05) is 26.2 Å². The molecule has 0 unspecified atom stereocenters. The highest BCUT2D eigenvalue weighted by Crippen LogP contribution is 2.39. The molecule has 0 atom stereocenters. The molecule has 1 aliphatic rings. The number of halogens is 1. The second-order valence-corrected chi connectivity index (χ2v) is 3.81. The summed E-state index contributed by atoms with van der Waals surface area (Å²) in [6.07, 6.45) is 0. The summed E-state index contributed by atoms with van der Waals surface area (Å²) in [6.45, 7) is 2.19. The van der Waals surface area contributed by atoms with Gasteiger partial charge in [-0.2, -0.15) is 0 Å². The normalized spacial score (nSPS) is 20.9. The Kier molecular flexibility index (Phi) is 4.55. The molecule has 68 valence electrons. The molecule has 0 amide bonds. The van der Waals surface area contributed by atoms with E-state index in [0.717, 1.165) is 0 Å². The SMILES string of the molecule is Cl.O=P(O)(O)N1CCNCC1. The molecule has 5 nitrogen and oxygen atoms in total. The summed E-state index contributed by atoms with van der Waals surface area (Å²) in [4.78, 5) is 17.3. The lowest BCUT2D eigenvalue weighted by atomic mass is 10.4. The second kappa shape index (κ2) is 4.40. The third-order valence-electron chi connectivity index (χ3n) is 1.46. The standard InChI is InChI=1S/C4H11N2O3P.ClH/c7-10(8,9)6-3-1-5-2-4-6;/h5H,1-4H2,(H2,7,8,9);1H. The molecule has 0 saturated carbocycles. The van der Waals surface area contributed by atoms with Gasteiger partial charge in [0.2, 0.25) is 0 Å². The quantitative estimate of drug-likeness (QED) is 0.496. The Balaban J connectivity index is 0.000001000. The van der Waals surface area contributed by atoms with E-state index in [1.807, 2.05) is 0 Å². The number of rotatable bonds is 1. The van der Waals surface area contributed by atoms with Crippen LogP contribution in [0.15, 0.2) is 0 Å². The number of hydrogen-bond acceptors (Lipinski definition) is 2. The summed E-state index contributed by atoms with van der Waals surface area (Å²) < 4.78 is 11.8. The molecule has 1 saturated heterocycles. The zero-order valence-electron chi connectivity index (χ0n) is 5.93. The predicted octanol–water partition coefficient (Wildman–Crippen LogP) is -0.594. The van der Waals surface area contributed by atoms with E-state index in [0.29, 0.717) is 26.2 Å². The van der Waals surface area contributed by atoms with Crippen LogP contribution in [-0.2, 0) is 4.57 Å². The molecular weight excluding hydrogens is 190 g/mol. The highest BCUT2D eigenvalue weighted by Gasteiger charge is 2.25. The van der Waals surface area contributed by atoms with Crippen LogP contribution in [0.5, 0.6) is 0 Å². The van der Waals surface area contributed by atoms with Crippen molar-refractivity contribution in [1.82, 2.24) is 9.99 Å². The van der Waals surface area contributed by atoms with Crippen molar-refractivity contribution in [1.29, 1.82) is 0 Å². The van der Waals surface area contributed by atoms with E-state index in [2.05, 4.69) is 5.32 Å². The lowest BCUT2D eigenvalue weighted by Gasteiger charge is -2.26. The van der Waals surface area contributed by atoms with Crippen LogP contribution in [-0.4, -0.2) is 40.6 Å². The molecule has 1 rings (SSSR count). The molecule has 0 aromatic rings. The molecule has 0 bridgehead atoms. The van der Waals surface area contributed by atoms with Gasteiger partial charge in [-0.3, -0.25) is 0 Å². The summed E-state index contributed by atoms with van der Waals surface area (Å²) in [5.74, 6) is 0. The Hall–Kier alpha value is 0.360. The Morgan fingerprint density at radius 1 is 1.27 bits per heavy atom. The second-order valence-electron chi connectivity index (χ2n) is 2.22. The topological polar surface area (TPSA) is 72.8 Å². The lowest BCUT2D eigenvalue weighted by molar-refractivity contribution is 0.252. The van der Waals surface area contributed by atoms with Gasteiger partial charge in [0.05, 0.1) is 0 Å². The van der Waals surface area contributed by atoms with E-state index >= 15 is 0 Å². The van der Waals surface area contributed by atoms with Gasteiger partial charge >= 0.3 is 7.75 Å². The van der Waals surface area contributed by atoms with Gasteiger partial charge in [-0.05, 0) is 0 Å². The molecule has 1 fully saturated rings. The summed E-state index contributed by atoms with van der Waals surface area (Å²) in [5, 5.41) is 3.00.